The lowest BCUT2D eigenvalue weighted by Crippen LogP contribution is -2.30. The number of hydrogen-bond acceptors (Lipinski definition) is 6. The van der Waals surface area contributed by atoms with Crippen LogP contribution in [0.3, 0.4) is 0 Å². The Labute approximate surface area is 143 Å². The molecule has 7 heteroatoms. The van der Waals surface area contributed by atoms with Crippen LogP contribution in [0.1, 0.15) is 57.6 Å². The number of carbonyl (C=O) groups excluding carboxylic acids is 1. The average Bonchev–Trinajstić information content (AvgIpc) is 2.97. The first-order valence-electron chi connectivity index (χ1n) is 8.52. The van der Waals surface area contributed by atoms with Crippen molar-refractivity contribution in [1.82, 2.24) is 15.1 Å². The van der Waals surface area contributed by atoms with Gasteiger partial charge in [-0.2, -0.15) is 0 Å². The zero-order valence-electron chi connectivity index (χ0n) is 13.5. The molecular weight excluding hydrogens is 326 g/mol. The second-order valence-corrected chi connectivity index (χ2v) is 8.32. The van der Waals surface area contributed by atoms with Gasteiger partial charge in [0.1, 0.15) is 6.10 Å². The summed E-state index contributed by atoms with van der Waals surface area (Å²) in [6.45, 7) is 3.43. The first kappa shape index (κ1) is 14.6. The molecule has 3 atom stereocenters. The minimum Gasteiger partial charge on any atom is -0.422 e. The Morgan fingerprint density at radius 2 is 2.08 bits per heavy atom. The van der Waals surface area contributed by atoms with Gasteiger partial charge in [0.25, 0.3) is 5.91 Å². The summed E-state index contributed by atoms with van der Waals surface area (Å²) in [5, 5.41) is 8.31. The molecule has 0 aromatic carbocycles. The van der Waals surface area contributed by atoms with Gasteiger partial charge in [-0.1, -0.05) is 0 Å². The molecule has 3 fully saturated rings. The van der Waals surface area contributed by atoms with E-state index in [-0.39, 0.29) is 18.1 Å². The van der Waals surface area contributed by atoms with Crippen molar-refractivity contribution in [1.29, 1.82) is 0 Å². The quantitative estimate of drug-likeness (QED) is 0.855. The molecule has 3 aliphatic rings. The van der Waals surface area contributed by atoms with Crippen LogP contribution in [0, 0.1) is 12.8 Å². The lowest BCUT2D eigenvalue weighted by molar-refractivity contribution is 0.0222. The van der Waals surface area contributed by atoms with Gasteiger partial charge in [0, 0.05) is 29.8 Å². The summed E-state index contributed by atoms with van der Waals surface area (Å²) in [5.41, 5.74) is 0. The van der Waals surface area contributed by atoms with E-state index in [0.717, 1.165) is 41.5 Å². The molecule has 24 heavy (non-hydrogen) atoms. The SMILES string of the molecule is Cc1ccc(C(=O)N2C[C@H]3C[C@H](c4nnc(C5CC5)o4)O[C@H]3C2)s1. The van der Waals surface area contributed by atoms with Crippen LogP contribution in [0.4, 0.5) is 0 Å². The fourth-order valence-electron chi connectivity index (χ4n) is 3.67. The number of aryl methyl sites for hydroxylation is 1. The largest absolute Gasteiger partial charge is 0.422 e. The van der Waals surface area contributed by atoms with E-state index in [1.54, 1.807) is 11.3 Å². The maximum Gasteiger partial charge on any atom is 0.264 e. The molecule has 4 heterocycles. The van der Waals surface area contributed by atoms with Crippen molar-refractivity contribution in [3.05, 3.63) is 33.7 Å². The van der Waals surface area contributed by atoms with Crippen LogP contribution in [0.15, 0.2) is 16.5 Å². The Balaban J connectivity index is 1.24. The zero-order valence-corrected chi connectivity index (χ0v) is 14.3. The molecule has 0 radical (unpaired) electrons. The van der Waals surface area contributed by atoms with E-state index in [9.17, 15) is 4.79 Å². The highest BCUT2D eigenvalue weighted by Crippen LogP contribution is 2.43. The fourth-order valence-corrected chi connectivity index (χ4v) is 4.50. The monoisotopic (exact) mass is 345 g/mol. The van der Waals surface area contributed by atoms with Gasteiger partial charge in [-0.05, 0) is 38.3 Å². The molecule has 126 valence electrons. The second kappa shape index (κ2) is 5.39. The van der Waals surface area contributed by atoms with Crippen molar-refractivity contribution in [2.45, 2.75) is 44.3 Å². The number of fused-ring (bicyclic) bond motifs is 1. The summed E-state index contributed by atoms with van der Waals surface area (Å²) in [5.74, 6) is 2.32. The van der Waals surface area contributed by atoms with Gasteiger partial charge >= 0.3 is 0 Å². The summed E-state index contributed by atoms with van der Waals surface area (Å²) >= 11 is 1.55. The summed E-state index contributed by atoms with van der Waals surface area (Å²) in [6.07, 6.45) is 3.12. The molecule has 2 saturated heterocycles. The number of amides is 1. The van der Waals surface area contributed by atoms with Crippen molar-refractivity contribution in [3.63, 3.8) is 0 Å². The van der Waals surface area contributed by atoms with Gasteiger partial charge in [0.2, 0.25) is 11.8 Å². The first-order valence-corrected chi connectivity index (χ1v) is 9.33. The highest BCUT2D eigenvalue weighted by atomic mass is 32.1. The highest BCUT2D eigenvalue weighted by molar-refractivity contribution is 7.13. The number of rotatable bonds is 3. The smallest absolute Gasteiger partial charge is 0.264 e. The Kier molecular flexibility index (Phi) is 3.28. The Morgan fingerprint density at radius 1 is 1.25 bits per heavy atom. The molecule has 1 saturated carbocycles. The van der Waals surface area contributed by atoms with Crippen LogP contribution >= 0.6 is 11.3 Å². The summed E-state index contributed by atoms with van der Waals surface area (Å²) in [4.78, 5) is 16.5. The van der Waals surface area contributed by atoms with Crippen molar-refractivity contribution in [2.24, 2.45) is 5.92 Å². The standard InChI is InChI=1S/C17H19N3O3S/c1-9-2-5-14(24-9)17(21)20-7-11-6-12(22-13(11)8-20)16-19-18-15(23-16)10-3-4-10/h2,5,10-13H,3-4,6-8H2,1H3/t11-,12-,13+/m1/s1. The normalized spacial score (nSPS) is 29.2. The molecule has 2 aliphatic heterocycles. The predicted molar refractivity (Wildman–Crippen MR) is 87.0 cm³/mol. The van der Waals surface area contributed by atoms with Gasteiger partial charge in [-0.3, -0.25) is 4.79 Å². The van der Waals surface area contributed by atoms with E-state index in [1.807, 2.05) is 24.0 Å². The number of hydrogen-bond donors (Lipinski definition) is 0. The van der Waals surface area contributed by atoms with E-state index in [2.05, 4.69) is 10.2 Å². The molecule has 6 nitrogen and oxygen atoms in total. The Hall–Kier alpha value is -1.73. The van der Waals surface area contributed by atoms with Crippen LogP contribution in [0.2, 0.25) is 0 Å². The molecule has 0 unspecified atom stereocenters. The summed E-state index contributed by atoms with van der Waals surface area (Å²) in [7, 11) is 0. The molecule has 2 aromatic rings. The lowest BCUT2D eigenvalue weighted by Gasteiger charge is -2.17. The van der Waals surface area contributed by atoms with E-state index >= 15 is 0 Å². The van der Waals surface area contributed by atoms with Crippen molar-refractivity contribution < 1.29 is 13.9 Å². The van der Waals surface area contributed by atoms with Gasteiger partial charge in [0.05, 0.1) is 11.0 Å². The van der Waals surface area contributed by atoms with Crippen LogP contribution in [0.5, 0.6) is 0 Å². The van der Waals surface area contributed by atoms with Gasteiger partial charge < -0.3 is 14.1 Å². The average molecular weight is 345 g/mol. The fraction of sp³-hybridized carbons (Fsp3) is 0.588. The maximum absolute atomic E-state index is 12.6. The molecule has 5 rings (SSSR count). The predicted octanol–water partition coefficient (Wildman–Crippen LogP) is 2.92. The summed E-state index contributed by atoms with van der Waals surface area (Å²) < 4.78 is 11.9. The molecule has 1 amide bonds. The number of likely N-dealkylation sites (tertiary alicyclic amines) is 1. The van der Waals surface area contributed by atoms with E-state index < -0.39 is 0 Å². The summed E-state index contributed by atoms with van der Waals surface area (Å²) in [6, 6.07) is 3.91. The minimum atomic E-state index is -0.110. The Bertz CT molecular complexity index is 768. The molecule has 0 bridgehead atoms. The third-order valence-corrected chi connectivity index (χ3v) is 6.12. The molecule has 1 aliphatic carbocycles. The number of carbonyl (C=O) groups is 1. The van der Waals surface area contributed by atoms with Gasteiger partial charge in [-0.15, -0.1) is 21.5 Å². The van der Waals surface area contributed by atoms with E-state index in [4.69, 9.17) is 9.15 Å². The van der Waals surface area contributed by atoms with Crippen molar-refractivity contribution in [3.8, 4) is 0 Å². The lowest BCUT2D eigenvalue weighted by atomic mass is 10.0. The number of thiophene rings is 1. The second-order valence-electron chi connectivity index (χ2n) is 7.03. The van der Waals surface area contributed by atoms with Gasteiger partial charge in [-0.25, -0.2) is 0 Å². The third kappa shape index (κ3) is 2.46. The topological polar surface area (TPSA) is 68.5 Å². The minimum absolute atomic E-state index is 0.0799. The van der Waals surface area contributed by atoms with Crippen LogP contribution in [0.25, 0.3) is 0 Å². The number of ether oxygens (including phenoxy) is 1. The zero-order chi connectivity index (χ0) is 16.3. The third-order valence-electron chi connectivity index (χ3n) is 5.13. The molecule has 0 spiro atoms. The van der Waals surface area contributed by atoms with Crippen LogP contribution in [-0.2, 0) is 4.74 Å². The Morgan fingerprint density at radius 3 is 2.79 bits per heavy atom. The highest BCUT2D eigenvalue weighted by Gasteiger charge is 2.46. The van der Waals surface area contributed by atoms with Crippen LogP contribution < -0.4 is 0 Å². The maximum atomic E-state index is 12.6. The van der Waals surface area contributed by atoms with Crippen molar-refractivity contribution in [2.75, 3.05) is 13.1 Å². The van der Waals surface area contributed by atoms with Gasteiger partial charge in [0.15, 0.2) is 0 Å². The molecular formula is C17H19N3O3S. The number of aromatic nitrogens is 2. The van der Waals surface area contributed by atoms with Crippen LogP contribution in [-0.4, -0.2) is 40.2 Å². The molecule has 0 N–H and O–H groups in total. The number of nitrogens with zero attached hydrogens (tertiary/aromatic N) is 3. The molecule has 2 aromatic heterocycles. The first-order chi connectivity index (χ1) is 11.7. The van der Waals surface area contributed by atoms with E-state index in [1.165, 1.54) is 0 Å². The van der Waals surface area contributed by atoms with E-state index in [0.29, 0.717) is 24.3 Å². The van der Waals surface area contributed by atoms with Crippen molar-refractivity contribution >= 4 is 17.2 Å².